The number of nitrogens with zero attached hydrogens (tertiary/aromatic N) is 1. The Balaban J connectivity index is 2.66. The second-order valence-corrected chi connectivity index (χ2v) is 2.24. The first-order valence-corrected chi connectivity index (χ1v) is 3.17. The Morgan fingerprint density at radius 1 is 1.80 bits per heavy atom. The van der Waals surface area contributed by atoms with E-state index in [1.54, 1.807) is 0 Å². The van der Waals surface area contributed by atoms with Crippen LogP contribution in [0.3, 0.4) is 0 Å². The molecule has 0 saturated carbocycles. The van der Waals surface area contributed by atoms with E-state index in [2.05, 4.69) is 28.5 Å². The number of rotatable bonds is 1. The van der Waals surface area contributed by atoms with Gasteiger partial charge >= 0.3 is 0 Å². The van der Waals surface area contributed by atoms with Crippen molar-refractivity contribution in [2.24, 2.45) is 5.10 Å². The van der Waals surface area contributed by atoms with Crippen molar-refractivity contribution < 1.29 is 9.90 Å². The quantitative estimate of drug-likeness (QED) is 0.345. The Morgan fingerprint density at radius 2 is 2.50 bits per heavy atom. The number of amides is 1. The molecule has 0 bridgehead atoms. The molecule has 0 radical (unpaired) electrons. The first kappa shape index (κ1) is 7.36. The molecule has 1 rings (SSSR count). The molecule has 0 fully saturated rings. The van der Waals surface area contributed by atoms with Gasteiger partial charge in [0, 0.05) is 0 Å². The molecule has 6 heteroatoms. The second kappa shape index (κ2) is 2.89. The van der Waals surface area contributed by atoms with Crippen molar-refractivity contribution in [2.45, 2.75) is 5.50 Å². The maximum Gasteiger partial charge on any atom is 0.272 e. The molecule has 10 heavy (non-hydrogen) atoms. The van der Waals surface area contributed by atoms with E-state index in [-0.39, 0.29) is 18.2 Å². The van der Waals surface area contributed by atoms with E-state index in [0.29, 0.717) is 0 Å². The summed E-state index contributed by atoms with van der Waals surface area (Å²) in [5, 5.41) is 14.4. The normalized spacial score (nSPS) is 24.8. The van der Waals surface area contributed by atoms with Crippen molar-refractivity contribution in [1.29, 1.82) is 0 Å². The molecule has 0 spiro atoms. The first-order chi connectivity index (χ1) is 4.74. The van der Waals surface area contributed by atoms with Crippen LogP contribution < -0.4 is 10.7 Å². The van der Waals surface area contributed by atoms with Crippen molar-refractivity contribution in [3.05, 3.63) is 0 Å². The molecule has 1 amide bonds. The van der Waals surface area contributed by atoms with E-state index >= 15 is 0 Å². The summed E-state index contributed by atoms with van der Waals surface area (Å²) in [6.45, 7) is -0.362. The van der Waals surface area contributed by atoms with Crippen molar-refractivity contribution in [3.8, 4) is 0 Å². The molecule has 1 aliphatic rings. The average molecular weight is 161 g/mol. The minimum Gasteiger partial charge on any atom is -0.390 e. The molecule has 1 heterocycles. The molecule has 0 aliphatic carbocycles. The number of aliphatic hydroxyl groups excluding tert-OH is 1. The van der Waals surface area contributed by atoms with Crippen molar-refractivity contribution in [3.63, 3.8) is 0 Å². The van der Waals surface area contributed by atoms with E-state index in [1.807, 2.05) is 0 Å². The van der Waals surface area contributed by atoms with Gasteiger partial charge in [-0.15, -0.1) is 12.6 Å². The summed E-state index contributed by atoms with van der Waals surface area (Å²) < 4.78 is 0. The van der Waals surface area contributed by atoms with Gasteiger partial charge in [0.05, 0.1) is 6.61 Å². The molecule has 0 aromatic carbocycles. The lowest BCUT2D eigenvalue weighted by molar-refractivity contribution is -0.115. The monoisotopic (exact) mass is 161 g/mol. The van der Waals surface area contributed by atoms with Gasteiger partial charge in [0.15, 0.2) is 11.2 Å². The third kappa shape index (κ3) is 1.39. The molecule has 3 N–H and O–H groups in total. The Bertz CT molecular complexity index is 181. The standard InChI is InChI=1S/C4H7N3O2S/c8-1-2-3(9)5-4(10)7-6-2/h4,7-8,10H,1H2,(H,5,9). The number of nitrogens with one attached hydrogen (secondary N) is 2. The van der Waals surface area contributed by atoms with Gasteiger partial charge in [0.2, 0.25) is 0 Å². The predicted octanol–water partition coefficient (Wildman–Crippen LogP) is -1.73. The van der Waals surface area contributed by atoms with Crippen molar-refractivity contribution in [1.82, 2.24) is 10.7 Å². The van der Waals surface area contributed by atoms with Crippen LogP contribution in [0.5, 0.6) is 0 Å². The molecule has 0 aromatic rings. The Labute approximate surface area is 62.9 Å². The topological polar surface area (TPSA) is 73.7 Å². The fraction of sp³-hybridized carbons (Fsp3) is 0.500. The van der Waals surface area contributed by atoms with Gasteiger partial charge < -0.3 is 10.4 Å². The highest BCUT2D eigenvalue weighted by Gasteiger charge is 2.17. The summed E-state index contributed by atoms with van der Waals surface area (Å²) in [6.07, 6.45) is 0. The van der Waals surface area contributed by atoms with Crippen LogP contribution in [0, 0.1) is 0 Å². The number of thiol groups is 1. The smallest absolute Gasteiger partial charge is 0.272 e. The molecule has 1 unspecified atom stereocenters. The molecule has 0 aromatic heterocycles. The fourth-order valence-electron chi connectivity index (χ4n) is 0.537. The van der Waals surface area contributed by atoms with Gasteiger partial charge in [0.1, 0.15) is 0 Å². The van der Waals surface area contributed by atoms with E-state index in [4.69, 9.17) is 5.11 Å². The lowest BCUT2D eigenvalue weighted by Gasteiger charge is -2.18. The highest BCUT2D eigenvalue weighted by molar-refractivity contribution is 7.80. The summed E-state index contributed by atoms with van der Waals surface area (Å²) >= 11 is 3.87. The molecular formula is C4H7N3O2S. The number of aliphatic hydroxyl groups is 1. The predicted molar refractivity (Wildman–Crippen MR) is 38.6 cm³/mol. The van der Waals surface area contributed by atoms with Crippen molar-refractivity contribution >= 4 is 24.2 Å². The van der Waals surface area contributed by atoms with Crippen LogP contribution in [0.2, 0.25) is 0 Å². The third-order valence-corrected chi connectivity index (χ3v) is 1.25. The zero-order valence-electron chi connectivity index (χ0n) is 5.03. The van der Waals surface area contributed by atoms with Gasteiger partial charge in [-0.05, 0) is 0 Å². The summed E-state index contributed by atoms with van der Waals surface area (Å²) in [7, 11) is 0. The summed E-state index contributed by atoms with van der Waals surface area (Å²) in [5.74, 6) is -0.388. The first-order valence-electron chi connectivity index (χ1n) is 2.66. The average Bonchev–Trinajstić information content (AvgIpc) is 1.88. The van der Waals surface area contributed by atoms with E-state index in [0.717, 1.165) is 0 Å². The fourth-order valence-corrected chi connectivity index (χ4v) is 0.712. The third-order valence-electron chi connectivity index (χ3n) is 1.00. The van der Waals surface area contributed by atoms with Crippen LogP contribution >= 0.6 is 12.6 Å². The Hall–Kier alpha value is -0.750. The van der Waals surface area contributed by atoms with E-state index in [9.17, 15) is 4.79 Å². The van der Waals surface area contributed by atoms with Gasteiger partial charge in [-0.25, -0.2) is 0 Å². The SMILES string of the molecule is O=C1NC(S)NN=C1CO. The van der Waals surface area contributed by atoms with Crippen LogP contribution in [-0.2, 0) is 4.79 Å². The number of hydrogen-bond acceptors (Lipinski definition) is 5. The lowest BCUT2D eigenvalue weighted by Crippen LogP contribution is -2.49. The Morgan fingerprint density at radius 3 is 3.00 bits per heavy atom. The second-order valence-electron chi connectivity index (χ2n) is 1.72. The summed E-state index contributed by atoms with van der Waals surface area (Å²) in [6, 6.07) is 0. The summed E-state index contributed by atoms with van der Waals surface area (Å²) in [4.78, 5) is 10.7. The molecular weight excluding hydrogens is 154 g/mol. The summed E-state index contributed by atoms with van der Waals surface area (Å²) in [5.41, 5.74) is 2.09. The highest BCUT2D eigenvalue weighted by Crippen LogP contribution is 1.91. The zero-order valence-corrected chi connectivity index (χ0v) is 5.93. The molecule has 5 nitrogen and oxygen atoms in total. The van der Waals surface area contributed by atoms with Crippen LogP contribution in [0.15, 0.2) is 5.10 Å². The molecule has 56 valence electrons. The highest BCUT2D eigenvalue weighted by atomic mass is 32.1. The number of carbonyl (C=O) groups excluding carboxylic acids is 1. The van der Waals surface area contributed by atoms with Gasteiger partial charge in [-0.3, -0.25) is 10.2 Å². The Kier molecular flexibility index (Phi) is 2.13. The number of hydrazone groups is 1. The maximum absolute atomic E-state index is 10.7. The molecule has 0 saturated heterocycles. The van der Waals surface area contributed by atoms with Crippen LogP contribution in [0.25, 0.3) is 0 Å². The van der Waals surface area contributed by atoms with Crippen LogP contribution in [0.1, 0.15) is 0 Å². The van der Waals surface area contributed by atoms with Gasteiger partial charge in [-0.1, -0.05) is 0 Å². The zero-order chi connectivity index (χ0) is 7.56. The van der Waals surface area contributed by atoms with Gasteiger partial charge in [0.25, 0.3) is 5.91 Å². The maximum atomic E-state index is 10.7. The minimum absolute atomic E-state index is 0.0744. The van der Waals surface area contributed by atoms with Gasteiger partial charge in [-0.2, -0.15) is 5.10 Å². The van der Waals surface area contributed by atoms with Crippen LogP contribution in [0.4, 0.5) is 0 Å². The molecule has 1 aliphatic heterocycles. The minimum atomic E-state index is -0.456. The van der Waals surface area contributed by atoms with Crippen molar-refractivity contribution in [2.75, 3.05) is 6.61 Å². The van der Waals surface area contributed by atoms with Crippen LogP contribution in [-0.4, -0.2) is 28.8 Å². The largest absolute Gasteiger partial charge is 0.390 e. The lowest BCUT2D eigenvalue weighted by atomic mass is 10.3. The number of carbonyl (C=O) groups is 1. The number of hydrogen-bond donors (Lipinski definition) is 4. The van der Waals surface area contributed by atoms with E-state index in [1.165, 1.54) is 0 Å². The van der Waals surface area contributed by atoms with E-state index < -0.39 is 5.50 Å². The molecule has 1 atom stereocenters.